The summed E-state index contributed by atoms with van der Waals surface area (Å²) in [4.78, 5) is 23.6. The van der Waals surface area contributed by atoms with Gasteiger partial charge in [0.05, 0.1) is 18.9 Å². The summed E-state index contributed by atoms with van der Waals surface area (Å²) in [6.07, 6.45) is 4.11. The molecule has 0 radical (unpaired) electrons. The minimum Gasteiger partial charge on any atom is -0.481 e. The van der Waals surface area contributed by atoms with Gasteiger partial charge in [-0.3, -0.25) is 9.59 Å². The summed E-state index contributed by atoms with van der Waals surface area (Å²) in [6.45, 7) is 0. The zero-order chi connectivity index (χ0) is 18.1. The molecule has 25 heavy (non-hydrogen) atoms. The predicted molar refractivity (Wildman–Crippen MR) is 96.1 cm³/mol. The summed E-state index contributed by atoms with van der Waals surface area (Å²) in [5.41, 5.74) is 1.94. The van der Waals surface area contributed by atoms with Crippen LogP contribution in [-0.2, 0) is 27.2 Å². The van der Waals surface area contributed by atoms with E-state index in [1.54, 1.807) is 12.2 Å². The van der Waals surface area contributed by atoms with E-state index in [4.69, 9.17) is 4.74 Å². The fourth-order valence-electron chi connectivity index (χ4n) is 2.62. The molecule has 0 aliphatic heterocycles. The third-order valence-electron chi connectivity index (χ3n) is 3.99. The van der Waals surface area contributed by atoms with Crippen molar-refractivity contribution in [2.45, 2.75) is 12.8 Å². The molecule has 0 aliphatic rings. The second-order valence-electron chi connectivity index (χ2n) is 5.84. The monoisotopic (exact) mass is 338 g/mol. The van der Waals surface area contributed by atoms with E-state index in [0.717, 1.165) is 11.1 Å². The molecule has 2 rings (SSSR count). The number of rotatable bonds is 8. The first kappa shape index (κ1) is 18.5. The number of benzene rings is 2. The minimum atomic E-state index is -0.913. The summed E-state index contributed by atoms with van der Waals surface area (Å²) in [5.74, 6) is -2.48. The fraction of sp³-hybridized carbons (Fsp3) is 0.238. The quantitative estimate of drug-likeness (QED) is 0.591. The Morgan fingerprint density at radius 1 is 0.880 bits per heavy atom. The van der Waals surface area contributed by atoms with Crippen LogP contribution in [-0.4, -0.2) is 24.2 Å². The SMILES string of the molecule is COC(=O)C(C=CC(Cc1ccccc1)C(=O)O)Cc1ccccc1. The van der Waals surface area contributed by atoms with Crippen molar-refractivity contribution in [3.63, 3.8) is 0 Å². The highest BCUT2D eigenvalue weighted by molar-refractivity contribution is 5.76. The van der Waals surface area contributed by atoms with Crippen LogP contribution in [0.5, 0.6) is 0 Å². The average molecular weight is 338 g/mol. The van der Waals surface area contributed by atoms with E-state index in [9.17, 15) is 14.7 Å². The van der Waals surface area contributed by atoms with E-state index < -0.39 is 17.8 Å². The number of methoxy groups -OCH3 is 1. The van der Waals surface area contributed by atoms with E-state index in [0.29, 0.717) is 12.8 Å². The number of hydrogen-bond acceptors (Lipinski definition) is 3. The van der Waals surface area contributed by atoms with Crippen molar-refractivity contribution in [3.8, 4) is 0 Å². The van der Waals surface area contributed by atoms with Gasteiger partial charge in [0.1, 0.15) is 0 Å². The van der Waals surface area contributed by atoms with Crippen molar-refractivity contribution in [2.24, 2.45) is 11.8 Å². The Morgan fingerprint density at radius 3 is 1.76 bits per heavy atom. The number of carbonyl (C=O) groups is 2. The third-order valence-corrected chi connectivity index (χ3v) is 3.99. The van der Waals surface area contributed by atoms with Gasteiger partial charge in [0.2, 0.25) is 0 Å². The molecule has 0 aliphatic carbocycles. The maximum Gasteiger partial charge on any atom is 0.312 e. The molecule has 2 unspecified atom stereocenters. The van der Waals surface area contributed by atoms with Gasteiger partial charge in [-0.1, -0.05) is 72.8 Å². The Hall–Kier alpha value is -2.88. The number of carboxylic acids is 1. The molecular formula is C21H22O4. The van der Waals surface area contributed by atoms with Gasteiger partial charge < -0.3 is 9.84 Å². The summed E-state index contributed by atoms with van der Waals surface area (Å²) in [5, 5.41) is 9.47. The maximum atomic E-state index is 12.0. The number of esters is 1. The van der Waals surface area contributed by atoms with E-state index in [-0.39, 0.29) is 5.97 Å². The standard InChI is InChI=1S/C21H22O4/c1-25-21(24)19(15-17-10-6-3-7-11-17)13-12-18(20(22)23)14-16-8-4-2-5-9-16/h2-13,18-19H,14-15H2,1H3,(H,22,23). The highest BCUT2D eigenvalue weighted by Crippen LogP contribution is 2.16. The summed E-state index contributed by atoms with van der Waals surface area (Å²) < 4.78 is 4.86. The smallest absolute Gasteiger partial charge is 0.312 e. The van der Waals surface area contributed by atoms with Gasteiger partial charge in [0.25, 0.3) is 0 Å². The molecule has 130 valence electrons. The van der Waals surface area contributed by atoms with E-state index >= 15 is 0 Å². The van der Waals surface area contributed by atoms with Crippen LogP contribution in [0.1, 0.15) is 11.1 Å². The van der Waals surface area contributed by atoms with E-state index in [2.05, 4.69) is 0 Å². The van der Waals surface area contributed by atoms with Gasteiger partial charge in [-0.05, 0) is 24.0 Å². The third kappa shape index (κ3) is 5.92. The normalized spacial score (nSPS) is 13.3. The Bertz CT molecular complexity index is 707. The van der Waals surface area contributed by atoms with Crippen molar-refractivity contribution in [2.75, 3.05) is 7.11 Å². The first-order valence-corrected chi connectivity index (χ1v) is 8.17. The molecule has 0 aromatic heterocycles. The van der Waals surface area contributed by atoms with Crippen LogP contribution < -0.4 is 0 Å². The zero-order valence-electron chi connectivity index (χ0n) is 14.2. The Labute approximate surface area is 147 Å². The molecule has 2 aromatic rings. The lowest BCUT2D eigenvalue weighted by Gasteiger charge is -2.13. The zero-order valence-corrected chi connectivity index (χ0v) is 14.2. The lowest BCUT2D eigenvalue weighted by Crippen LogP contribution is -2.19. The van der Waals surface area contributed by atoms with Crippen LogP contribution in [0.3, 0.4) is 0 Å². The molecule has 0 heterocycles. The number of hydrogen-bond donors (Lipinski definition) is 1. The summed E-state index contributed by atoms with van der Waals surface area (Å²) in [6, 6.07) is 19.0. The molecule has 4 heteroatoms. The van der Waals surface area contributed by atoms with E-state index in [1.165, 1.54) is 7.11 Å². The Balaban J connectivity index is 2.13. The molecule has 0 spiro atoms. The lowest BCUT2D eigenvalue weighted by molar-refractivity contribution is -0.144. The molecule has 1 N–H and O–H groups in total. The molecule has 0 fully saturated rings. The fourth-order valence-corrected chi connectivity index (χ4v) is 2.62. The van der Waals surface area contributed by atoms with Gasteiger partial charge in [-0.25, -0.2) is 0 Å². The van der Waals surface area contributed by atoms with Crippen LogP contribution in [0, 0.1) is 11.8 Å². The van der Waals surface area contributed by atoms with Crippen LogP contribution in [0.25, 0.3) is 0 Å². The highest BCUT2D eigenvalue weighted by Gasteiger charge is 2.20. The molecule has 0 bridgehead atoms. The van der Waals surface area contributed by atoms with Crippen LogP contribution in [0.15, 0.2) is 72.8 Å². The molecule has 0 amide bonds. The summed E-state index contributed by atoms with van der Waals surface area (Å²) >= 11 is 0. The van der Waals surface area contributed by atoms with Crippen molar-refractivity contribution in [1.82, 2.24) is 0 Å². The second-order valence-corrected chi connectivity index (χ2v) is 5.84. The molecule has 0 saturated heterocycles. The van der Waals surface area contributed by atoms with Gasteiger partial charge in [0, 0.05) is 0 Å². The first-order valence-electron chi connectivity index (χ1n) is 8.17. The van der Waals surface area contributed by atoms with Crippen molar-refractivity contribution in [1.29, 1.82) is 0 Å². The maximum absolute atomic E-state index is 12.0. The van der Waals surface area contributed by atoms with Crippen molar-refractivity contribution in [3.05, 3.63) is 83.9 Å². The van der Waals surface area contributed by atoms with E-state index in [1.807, 2.05) is 60.7 Å². The van der Waals surface area contributed by atoms with Gasteiger partial charge in [-0.15, -0.1) is 0 Å². The lowest BCUT2D eigenvalue weighted by atomic mass is 9.94. The number of carboxylic acid groups (broad SMARTS) is 1. The van der Waals surface area contributed by atoms with Crippen LogP contribution >= 0.6 is 0 Å². The van der Waals surface area contributed by atoms with Gasteiger partial charge >= 0.3 is 11.9 Å². The summed E-state index contributed by atoms with van der Waals surface area (Å²) in [7, 11) is 1.34. The molecule has 4 nitrogen and oxygen atoms in total. The molecule has 0 saturated carbocycles. The molecule has 2 atom stereocenters. The second kappa shape index (κ2) is 9.42. The molecule has 2 aromatic carbocycles. The van der Waals surface area contributed by atoms with Crippen LogP contribution in [0.4, 0.5) is 0 Å². The number of ether oxygens (including phenoxy) is 1. The van der Waals surface area contributed by atoms with Crippen molar-refractivity contribution >= 4 is 11.9 Å². The van der Waals surface area contributed by atoms with Crippen LogP contribution in [0.2, 0.25) is 0 Å². The molecular weight excluding hydrogens is 316 g/mol. The average Bonchev–Trinajstić information content (AvgIpc) is 2.64. The Kier molecular flexibility index (Phi) is 6.96. The largest absolute Gasteiger partial charge is 0.481 e. The van der Waals surface area contributed by atoms with Crippen molar-refractivity contribution < 1.29 is 19.4 Å². The first-order chi connectivity index (χ1) is 12.1. The topological polar surface area (TPSA) is 63.6 Å². The van der Waals surface area contributed by atoms with Gasteiger partial charge in [-0.2, -0.15) is 0 Å². The van der Waals surface area contributed by atoms with Gasteiger partial charge in [0.15, 0.2) is 0 Å². The minimum absolute atomic E-state index is 0.371. The Morgan fingerprint density at radius 2 is 1.32 bits per heavy atom. The predicted octanol–water partition coefficient (Wildman–Crippen LogP) is 3.52. The number of carbonyl (C=O) groups excluding carboxylic acids is 1. The number of aliphatic carboxylic acids is 1. The highest BCUT2D eigenvalue weighted by atomic mass is 16.5.